The number of nitrogens with one attached hydrogen (secondary N) is 1. The second-order valence-corrected chi connectivity index (χ2v) is 6.18. The average Bonchev–Trinajstić information content (AvgIpc) is 2.52. The van der Waals surface area contributed by atoms with Crippen molar-refractivity contribution < 1.29 is 0 Å². The summed E-state index contributed by atoms with van der Waals surface area (Å²) in [4.78, 5) is 0. The Hall–Kier alpha value is -1.60. The lowest BCUT2D eigenvalue weighted by atomic mass is 9.92. The number of hydrogen-bond donors (Lipinski definition) is 1. The monoisotopic (exact) mass is 281 g/mol. The summed E-state index contributed by atoms with van der Waals surface area (Å²) >= 11 is 0. The zero-order chi connectivity index (χ0) is 14.9. The van der Waals surface area contributed by atoms with E-state index in [1.54, 1.807) is 0 Å². The van der Waals surface area contributed by atoms with Gasteiger partial charge in [-0.3, -0.25) is 0 Å². The maximum atomic E-state index is 3.62. The summed E-state index contributed by atoms with van der Waals surface area (Å²) < 4.78 is 0. The Kier molecular flexibility index (Phi) is 6.49. The van der Waals surface area contributed by atoms with Gasteiger partial charge in [0.2, 0.25) is 0 Å². The van der Waals surface area contributed by atoms with Crippen LogP contribution in [-0.2, 0) is 6.42 Å². The molecule has 1 N–H and O–H groups in total. The minimum atomic E-state index is 0.588. The molecular weight excluding hydrogens is 254 g/mol. The predicted octanol–water partition coefficient (Wildman–Crippen LogP) is 4.65. The summed E-state index contributed by atoms with van der Waals surface area (Å²) in [7, 11) is 0. The molecule has 1 atom stereocenters. The van der Waals surface area contributed by atoms with Gasteiger partial charge in [0.15, 0.2) is 0 Å². The first-order chi connectivity index (χ1) is 10.3. The molecule has 0 heterocycles. The molecule has 0 saturated carbocycles. The highest BCUT2D eigenvalue weighted by Crippen LogP contribution is 2.21. The summed E-state index contributed by atoms with van der Waals surface area (Å²) in [6, 6.07) is 21.7. The molecule has 112 valence electrons. The molecule has 0 fully saturated rings. The smallest absolute Gasteiger partial charge is 0.00203 e. The van der Waals surface area contributed by atoms with Gasteiger partial charge >= 0.3 is 0 Å². The van der Waals surface area contributed by atoms with Crippen molar-refractivity contribution in [1.29, 1.82) is 0 Å². The maximum Gasteiger partial charge on any atom is 0.00203 e. The number of aryl methyl sites for hydroxylation is 1. The molecule has 0 amide bonds. The number of rotatable bonds is 8. The van der Waals surface area contributed by atoms with Crippen molar-refractivity contribution in [2.45, 2.75) is 32.6 Å². The summed E-state index contributed by atoms with van der Waals surface area (Å²) in [6.45, 7) is 6.67. The Bertz CT molecular complexity index is 490. The zero-order valence-electron chi connectivity index (χ0n) is 13.3. The van der Waals surface area contributed by atoms with Gasteiger partial charge in [-0.15, -0.1) is 0 Å². The van der Waals surface area contributed by atoms with Crippen molar-refractivity contribution in [2.24, 2.45) is 5.92 Å². The van der Waals surface area contributed by atoms with E-state index in [1.165, 1.54) is 17.5 Å². The average molecular weight is 281 g/mol. The van der Waals surface area contributed by atoms with Gasteiger partial charge in [-0.2, -0.15) is 0 Å². The third-order valence-corrected chi connectivity index (χ3v) is 3.84. The van der Waals surface area contributed by atoms with Crippen LogP contribution >= 0.6 is 0 Å². The lowest BCUT2D eigenvalue weighted by Crippen LogP contribution is -2.25. The molecule has 0 aliphatic rings. The van der Waals surface area contributed by atoms with Gasteiger partial charge in [-0.25, -0.2) is 0 Å². The SMILES string of the molecule is CC(C)CNCC(CCc1ccccc1)c1ccccc1. The van der Waals surface area contributed by atoms with Gasteiger partial charge in [0.1, 0.15) is 0 Å². The molecule has 0 radical (unpaired) electrons. The predicted molar refractivity (Wildman–Crippen MR) is 91.7 cm³/mol. The number of hydrogen-bond acceptors (Lipinski definition) is 1. The highest BCUT2D eigenvalue weighted by Gasteiger charge is 2.11. The zero-order valence-corrected chi connectivity index (χ0v) is 13.3. The van der Waals surface area contributed by atoms with E-state index in [2.05, 4.69) is 79.8 Å². The molecule has 0 aliphatic carbocycles. The van der Waals surface area contributed by atoms with Crippen LogP contribution < -0.4 is 5.32 Å². The van der Waals surface area contributed by atoms with E-state index in [0.717, 1.165) is 19.5 Å². The minimum Gasteiger partial charge on any atom is -0.316 e. The molecule has 2 aromatic rings. The molecule has 21 heavy (non-hydrogen) atoms. The van der Waals surface area contributed by atoms with Crippen molar-refractivity contribution in [2.75, 3.05) is 13.1 Å². The highest BCUT2D eigenvalue weighted by atomic mass is 14.9. The van der Waals surface area contributed by atoms with Crippen LogP contribution in [0.2, 0.25) is 0 Å². The highest BCUT2D eigenvalue weighted by molar-refractivity contribution is 5.21. The minimum absolute atomic E-state index is 0.588. The van der Waals surface area contributed by atoms with E-state index in [4.69, 9.17) is 0 Å². The van der Waals surface area contributed by atoms with E-state index in [1.807, 2.05) is 0 Å². The van der Waals surface area contributed by atoms with Crippen LogP contribution in [0, 0.1) is 5.92 Å². The van der Waals surface area contributed by atoms with Crippen LogP contribution in [0.3, 0.4) is 0 Å². The normalized spacial score (nSPS) is 12.5. The molecule has 0 saturated heterocycles. The Balaban J connectivity index is 1.95. The second kappa shape index (κ2) is 8.63. The molecule has 1 heteroatoms. The summed E-state index contributed by atoms with van der Waals surface area (Å²) in [6.07, 6.45) is 2.34. The van der Waals surface area contributed by atoms with Crippen molar-refractivity contribution in [1.82, 2.24) is 5.32 Å². The first-order valence-electron chi connectivity index (χ1n) is 8.05. The van der Waals surface area contributed by atoms with Gasteiger partial charge in [0.25, 0.3) is 0 Å². The van der Waals surface area contributed by atoms with Crippen LogP contribution in [0.5, 0.6) is 0 Å². The third-order valence-electron chi connectivity index (χ3n) is 3.84. The standard InChI is InChI=1S/C20H27N/c1-17(2)15-21-16-20(19-11-7-4-8-12-19)14-13-18-9-5-3-6-10-18/h3-12,17,20-21H,13-16H2,1-2H3. The van der Waals surface area contributed by atoms with E-state index < -0.39 is 0 Å². The van der Waals surface area contributed by atoms with E-state index in [-0.39, 0.29) is 0 Å². The largest absolute Gasteiger partial charge is 0.316 e. The van der Waals surface area contributed by atoms with Crippen LogP contribution in [0.25, 0.3) is 0 Å². The van der Waals surface area contributed by atoms with E-state index in [9.17, 15) is 0 Å². The Morgan fingerprint density at radius 1 is 0.810 bits per heavy atom. The lowest BCUT2D eigenvalue weighted by molar-refractivity contribution is 0.500. The molecule has 0 spiro atoms. The van der Waals surface area contributed by atoms with Gasteiger partial charge in [0.05, 0.1) is 0 Å². The molecule has 0 bridgehead atoms. The Labute approximate surface area is 129 Å². The summed E-state index contributed by atoms with van der Waals surface area (Å²) in [5.74, 6) is 1.29. The van der Waals surface area contributed by atoms with E-state index >= 15 is 0 Å². The third kappa shape index (κ3) is 5.73. The molecule has 1 nitrogen and oxygen atoms in total. The van der Waals surface area contributed by atoms with Crippen LogP contribution in [0.1, 0.15) is 37.3 Å². The number of benzene rings is 2. The topological polar surface area (TPSA) is 12.0 Å². The van der Waals surface area contributed by atoms with Crippen molar-refractivity contribution in [3.63, 3.8) is 0 Å². The maximum absolute atomic E-state index is 3.62. The van der Waals surface area contributed by atoms with Crippen LogP contribution in [0.15, 0.2) is 60.7 Å². The van der Waals surface area contributed by atoms with Crippen molar-refractivity contribution >= 4 is 0 Å². The van der Waals surface area contributed by atoms with Crippen LogP contribution in [0.4, 0.5) is 0 Å². The first-order valence-corrected chi connectivity index (χ1v) is 8.05. The fourth-order valence-corrected chi connectivity index (χ4v) is 2.64. The summed E-state index contributed by atoms with van der Waals surface area (Å²) in [5, 5.41) is 3.62. The molecule has 0 aromatic heterocycles. The molecule has 0 aliphatic heterocycles. The molecule has 2 aromatic carbocycles. The van der Waals surface area contributed by atoms with Crippen molar-refractivity contribution in [3.8, 4) is 0 Å². The summed E-state index contributed by atoms with van der Waals surface area (Å²) in [5.41, 5.74) is 2.88. The van der Waals surface area contributed by atoms with E-state index in [0.29, 0.717) is 11.8 Å². The second-order valence-electron chi connectivity index (χ2n) is 6.18. The molecule has 1 unspecified atom stereocenters. The fourth-order valence-electron chi connectivity index (χ4n) is 2.64. The van der Waals surface area contributed by atoms with Crippen LogP contribution in [-0.4, -0.2) is 13.1 Å². The van der Waals surface area contributed by atoms with Gasteiger partial charge in [-0.1, -0.05) is 74.5 Å². The van der Waals surface area contributed by atoms with Crippen molar-refractivity contribution in [3.05, 3.63) is 71.8 Å². The first kappa shape index (κ1) is 15.8. The molecule has 2 rings (SSSR count). The molecular formula is C20H27N. The van der Waals surface area contributed by atoms with Gasteiger partial charge < -0.3 is 5.32 Å². The quantitative estimate of drug-likeness (QED) is 0.742. The fraction of sp³-hybridized carbons (Fsp3) is 0.400. The Morgan fingerprint density at radius 2 is 1.43 bits per heavy atom. The Morgan fingerprint density at radius 3 is 2.05 bits per heavy atom. The lowest BCUT2D eigenvalue weighted by Gasteiger charge is -2.19. The van der Waals surface area contributed by atoms with Gasteiger partial charge in [-0.05, 0) is 42.3 Å². The van der Waals surface area contributed by atoms with Gasteiger partial charge in [0, 0.05) is 6.54 Å².